The molecule has 4 aromatic rings. The lowest BCUT2D eigenvalue weighted by atomic mass is 10.1. The van der Waals surface area contributed by atoms with Gasteiger partial charge in [-0.25, -0.2) is 9.49 Å². The molecule has 0 saturated heterocycles. The molecule has 23 heavy (non-hydrogen) atoms. The van der Waals surface area contributed by atoms with E-state index in [1.807, 2.05) is 36.4 Å². The van der Waals surface area contributed by atoms with Crippen LogP contribution in [-0.2, 0) is 0 Å². The summed E-state index contributed by atoms with van der Waals surface area (Å²) in [5.74, 6) is -0.239. The van der Waals surface area contributed by atoms with Gasteiger partial charge in [-0.2, -0.15) is 5.26 Å². The average Bonchev–Trinajstić information content (AvgIpc) is 3.21. The number of nitrogens with zero attached hydrogens (tertiary/aromatic N) is 3. The first-order valence-corrected chi connectivity index (χ1v) is 7.67. The molecule has 0 aliphatic rings. The van der Waals surface area contributed by atoms with E-state index < -0.39 is 0 Å². The van der Waals surface area contributed by atoms with Crippen molar-refractivity contribution in [3.8, 4) is 27.8 Å². The van der Waals surface area contributed by atoms with Crippen LogP contribution in [0.2, 0.25) is 0 Å². The number of thiophene rings is 1. The van der Waals surface area contributed by atoms with Crippen LogP contribution in [0.15, 0.2) is 48.5 Å². The molecule has 1 N–H and O–H groups in total. The lowest BCUT2D eigenvalue weighted by Gasteiger charge is -2.01. The van der Waals surface area contributed by atoms with Gasteiger partial charge in [0, 0.05) is 15.1 Å². The molecule has 110 valence electrons. The minimum atomic E-state index is -0.239. The lowest BCUT2D eigenvalue weighted by Crippen LogP contribution is -1.83. The fraction of sp³-hybridized carbons (Fsp3) is 0. The maximum atomic E-state index is 13.3. The van der Waals surface area contributed by atoms with Crippen molar-refractivity contribution in [3.63, 3.8) is 0 Å². The highest BCUT2D eigenvalue weighted by Gasteiger charge is 2.11. The van der Waals surface area contributed by atoms with Crippen LogP contribution in [0.3, 0.4) is 0 Å². The Morgan fingerprint density at radius 2 is 1.96 bits per heavy atom. The number of nitrogens with one attached hydrogen (secondary N) is 1. The van der Waals surface area contributed by atoms with Gasteiger partial charge in [0.25, 0.3) is 0 Å². The van der Waals surface area contributed by atoms with Gasteiger partial charge in [-0.05, 0) is 41.3 Å². The van der Waals surface area contributed by atoms with E-state index >= 15 is 0 Å². The maximum absolute atomic E-state index is 13.3. The van der Waals surface area contributed by atoms with Crippen molar-refractivity contribution >= 4 is 21.4 Å². The van der Waals surface area contributed by atoms with E-state index in [4.69, 9.17) is 5.26 Å². The van der Waals surface area contributed by atoms with Crippen LogP contribution in [0.25, 0.3) is 31.8 Å². The molecule has 2 heterocycles. The van der Waals surface area contributed by atoms with Crippen LogP contribution < -0.4 is 0 Å². The Hall–Kier alpha value is -3.04. The van der Waals surface area contributed by atoms with Crippen molar-refractivity contribution < 1.29 is 4.39 Å². The molecule has 0 bridgehead atoms. The summed E-state index contributed by atoms with van der Waals surface area (Å²) in [6.07, 6.45) is 0. The van der Waals surface area contributed by atoms with Crippen molar-refractivity contribution in [3.05, 3.63) is 60.0 Å². The molecule has 2 aromatic heterocycles. The zero-order valence-corrected chi connectivity index (χ0v) is 12.6. The van der Waals surface area contributed by atoms with Crippen LogP contribution in [0.5, 0.6) is 0 Å². The van der Waals surface area contributed by atoms with Gasteiger partial charge >= 0.3 is 0 Å². The zero-order chi connectivity index (χ0) is 15.8. The molecule has 0 saturated carbocycles. The van der Waals surface area contributed by atoms with Gasteiger partial charge in [-0.1, -0.05) is 23.4 Å². The van der Waals surface area contributed by atoms with Crippen LogP contribution in [0, 0.1) is 17.1 Å². The van der Waals surface area contributed by atoms with Gasteiger partial charge in [-0.15, -0.1) is 16.4 Å². The second-order valence-electron chi connectivity index (χ2n) is 5.02. The molecule has 0 spiro atoms. The van der Waals surface area contributed by atoms with Crippen molar-refractivity contribution in [1.29, 1.82) is 5.26 Å². The third kappa shape index (κ3) is 2.37. The van der Waals surface area contributed by atoms with E-state index in [9.17, 15) is 4.39 Å². The Balaban J connectivity index is 1.83. The van der Waals surface area contributed by atoms with Gasteiger partial charge in [-0.3, -0.25) is 0 Å². The standard InChI is InChI=1S/C17H9FN4S/c18-13-4-5-15-12(7-13)8-16(23-15)10-2-1-3-11(6-10)17-14(9-19)20-22-21-17/h1-8H,(H,20,21,22). The first kappa shape index (κ1) is 13.6. The van der Waals surface area contributed by atoms with Crippen LogP contribution in [0.1, 0.15) is 5.69 Å². The Kier molecular flexibility index (Phi) is 3.14. The fourth-order valence-electron chi connectivity index (χ4n) is 2.48. The quantitative estimate of drug-likeness (QED) is 0.596. The number of benzene rings is 2. The minimum Gasteiger partial charge on any atom is -0.247 e. The number of halogens is 1. The third-order valence-corrected chi connectivity index (χ3v) is 4.72. The first-order chi connectivity index (χ1) is 11.2. The highest BCUT2D eigenvalue weighted by molar-refractivity contribution is 7.22. The van der Waals surface area contributed by atoms with Gasteiger partial charge in [0.2, 0.25) is 0 Å². The largest absolute Gasteiger partial charge is 0.247 e. The SMILES string of the molecule is N#Cc1[nH]nnc1-c1cccc(-c2cc3cc(F)ccc3s2)c1. The zero-order valence-electron chi connectivity index (χ0n) is 11.7. The molecule has 0 unspecified atom stereocenters. The molecular formula is C17H9FN4S. The molecule has 0 aliphatic carbocycles. The second-order valence-corrected chi connectivity index (χ2v) is 6.10. The average molecular weight is 320 g/mol. The summed E-state index contributed by atoms with van der Waals surface area (Å²) in [6, 6.07) is 16.5. The Morgan fingerprint density at radius 1 is 1.09 bits per heavy atom. The lowest BCUT2D eigenvalue weighted by molar-refractivity contribution is 0.630. The molecule has 0 amide bonds. The predicted octanol–water partition coefficient (Wildman–Crippen LogP) is 4.36. The molecule has 2 aromatic carbocycles. The van der Waals surface area contributed by atoms with Gasteiger partial charge in [0.05, 0.1) is 0 Å². The molecule has 0 fully saturated rings. The minimum absolute atomic E-state index is 0.239. The van der Waals surface area contributed by atoms with Gasteiger partial charge in [0.1, 0.15) is 17.6 Å². The number of aromatic nitrogens is 3. The van der Waals surface area contributed by atoms with E-state index in [2.05, 4.69) is 15.4 Å². The summed E-state index contributed by atoms with van der Waals surface area (Å²) in [5, 5.41) is 20.2. The van der Waals surface area contributed by atoms with E-state index in [-0.39, 0.29) is 5.82 Å². The van der Waals surface area contributed by atoms with E-state index in [1.54, 1.807) is 17.4 Å². The van der Waals surface area contributed by atoms with Gasteiger partial charge in [0.15, 0.2) is 5.69 Å². The molecule has 4 nitrogen and oxygen atoms in total. The first-order valence-electron chi connectivity index (χ1n) is 6.85. The van der Waals surface area contributed by atoms with Crippen LogP contribution >= 0.6 is 11.3 Å². The predicted molar refractivity (Wildman–Crippen MR) is 87.3 cm³/mol. The smallest absolute Gasteiger partial charge is 0.163 e. The van der Waals surface area contributed by atoms with Crippen molar-refractivity contribution in [1.82, 2.24) is 15.4 Å². The normalized spacial score (nSPS) is 10.8. The molecule has 0 aliphatic heterocycles. The number of H-pyrrole nitrogens is 1. The number of aromatic amines is 1. The molecule has 0 radical (unpaired) electrons. The summed E-state index contributed by atoms with van der Waals surface area (Å²) in [7, 11) is 0. The fourth-order valence-corrected chi connectivity index (χ4v) is 3.52. The van der Waals surface area contributed by atoms with Crippen molar-refractivity contribution in [2.75, 3.05) is 0 Å². The maximum Gasteiger partial charge on any atom is 0.163 e. The highest BCUT2D eigenvalue weighted by Crippen LogP contribution is 2.35. The highest BCUT2D eigenvalue weighted by atomic mass is 32.1. The number of nitriles is 1. The van der Waals surface area contributed by atoms with Crippen LogP contribution in [0.4, 0.5) is 4.39 Å². The summed E-state index contributed by atoms with van der Waals surface area (Å²) in [4.78, 5) is 1.04. The second kappa shape index (κ2) is 5.30. The third-order valence-electron chi connectivity index (χ3n) is 3.56. The van der Waals surface area contributed by atoms with Crippen molar-refractivity contribution in [2.24, 2.45) is 0 Å². The monoisotopic (exact) mass is 320 g/mol. The van der Waals surface area contributed by atoms with Gasteiger partial charge < -0.3 is 0 Å². The summed E-state index contributed by atoms with van der Waals surface area (Å²) < 4.78 is 14.4. The number of rotatable bonds is 2. The van der Waals surface area contributed by atoms with E-state index in [1.165, 1.54) is 12.1 Å². The Labute approximate surface area is 134 Å². The Bertz CT molecular complexity index is 1060. The van der Waals surface area contributed by atoms with Crippen molar-refractivity contribution in [2.45, 2.75) is 0 Å². The van der Waals surface area contributed by atoms with E-state index in [0.29, 0.717) is 11.4 Å². The van der Waals surface area contributed by atoms with Crippen LogP contribution in [-0.4, -0.2) is 15.4 Å². The topological polar surface area (TPSA) is 65.4 Å². The molecular weight excluding hydrogens is 311 g/mol. The number of hydrogen-bond donors (Lipinski definition) is 1. The number of fused-ring (bicyclic) bond motifs is 1. The number of hydrogen-bond acceptors (Lipinski definition) is 4. The molecule has 0 atom stereocenters. The molecule has 6 heteroatoms. The Morgan fingerprint density at radius 3 is 2.83 bits per heavy atom. The van der Waals surface area contributed by atoms with E-state index in [0.717, 1.165) is 26.1 Å². The molecule has 4 rings (SSSR count). The summed E-state index contributed by atoms with van der Waals surface area (Å²) in [5.41, 5.74) is 2.68. The summed E-state index contributed by atoms with van der Waals surface area (Å²) in [6.45, 7) is 0. The summed E-state index contributed by atoms with van der Waals surface area (Å²) >= 11 is 1.60.